The van der Waals surface area contributed by atoms with Crippen molar-refractivity contribution < 1.29 is 4.74 Å². The average Bonchev–Trinajstić information content (AvgIpc) is 2.44. The van der Waals surface area contributed by atoms with Crippen molar-refractivity contribution in [3.8, 4) is 5.75 Å². The van der Waals surface area contributed by atoms with Crippen LogP contribution < -0.4 is 16.0 Å². The molecule has 2 aromatic rings. The van der Waals surface area contributed by atoms with E-state index in [1.807, 2.05) is 44.2 Å². The van der Waals surface area contributed by atoms with E-state index >= 15 is 0 Å². The maximum absolute atomic E-state index is 5.78. The Bertz CT molecular complexity index is 596. The van der Waals surface area contributed by atoms with Gasteiger partial charge in [0.1, 0.15) is 5.75 Å². The monoisotopic (exact) mass is 348 g/mol. The molecule has 0 bridgehead atoms. The van der Waals surface area contributed by atoms with E-state index in [0.717, 1.165) is 21.3 Å². The molecule has 3 nitrogen and oxygen atoms in total. The van der Waals surface area contributed by atoms with Crippen molar-refractivity contribution in [1.82, 2.24) is 5.43 Å². The smallest absolute Gasteiger partial charge is 0.119 e. The van der Waals surface area contributed by atoms with Crippen molar-refractivity contribution in [1.29, 1.82) is 0 Å². The summed E-state index contributed by atoms with van der Waals surface area (Å²) in [4.78, 5) is 0. The fourth-order valence-corrected chi connectivity index (χ4v) is 2.68. The highest BCUT2D eigenvalue weighted by atomic mass is 79.9. The first-order valence-corrected chi connectivity index (χ1v) is 7.79. The minimum absolute atomic E-state index is 0.0457. The molecule has 0 aliphatic rings. The van der Waals surface area contributed by atoms with E-state index < -0.39 is 0 Å². The van der Waals surface area contributed by atoms with E-state index in [-0.39, 0.29) is 12.1 Å². The maximum Gasteiger partial charge on any atom is 0.119 e. The number of hydrazine groups is 1. The van der Waals surface area contributed by atoms with Crippen molar-refractivity contribution >= 4 is 15.9 Å². The van der Waals surface area contributed by atoms with Gasteiger partial charge in [-0.1, -0.05) is 34.1 Å². The second-order valence-electron chi connectivity index (χ2n) is 5.34. The number of rotatable bonds is 5. The fourth-order valence-electron chi connectivity index (χ4n) is 2.30. The van der Waals surface area contributed by atoms with Crippen LogP contribution in [0.1, 0.15) is 36.6 Å². The van der Waals surface area contributed by atoms with Crippen molar-refractivity contribution in [2.75, 3.05) is 0 Å². The normalized spacial score (nSPS) is 12.5. The van der Waals surface area contributed by atoms with Gasteiger partial charge in [0, 0.05) is 4.47 Å². The van der Waals surface area contributed by atoms with Gasteiger partial charge in [0.2, 0.25) is 0 Å². The van der Waals surface area contributed by atoms with Gasteiger partial charge >= 0.3 is 0 Å². The topological polar surface area (TPSA) is 47.3 Å². The third-order valence-corrected chi connectivity index (χ3v) is 3.80. The molecule has 2 rings (SSSR count). The van der Waals surface area contributed by atoms with E-state index in [4.69, 9.17) is 10.6 Å². The highest BCUT2D eigenvalue weighted by Gasteiger charge is 2.15. The van der Waals surface area contributed by atoms with Gasteiger partial charge in [-0.25, -0.2) is 5.43 Å². The molecule has 112 valence electrons. The zero-order valence-corrected chi connectivity index (χ0v) is 14.1. The molecule has 2 aromatic carbocycles. The van der Waals surface area contributed by atoms with E-state index in [1.165, 1.54) is 5.56 Å². The van der Waals surface area contributed by atoms with E-state index in [0.29, 0.717) is 0 Å². The van der Waals surface area contributed by atoms with E-state index in [2.05, 4.69) is 40.4 Å². The Morgan fingerprint density at radius 3 is 2.33 bits per heavy atom. The standard InChI is InChI=1S/C17H21BrN2O/c1-11(2)21-15-8-5-13(6-9-15)17(20-19)16-10-14(18)7-4-12(16)3/h4-11,17,20H,19H2,1-3H3. The molecule has 0 aromatic heterocycles. The van der Waals surface area contributed by atoms with E-state index in [1.54, 1.807) is 0 Å². The van der Waals surface area contributed by atoms with Crippen LogP contribution in [-0.2, 0) is 0 Å². The lowest BCUT2D eigenvalue weighted by Crippen LogP contribution is -2.29. The van der Waals surface area contributed by atoms with Crippen molar-refractivity contribution in [2.24, 2.45) is 5.84 Å². The predicted octanol–water partition coefficient (Wildman–Crippen LogP) is 4.10. The van der Waals surface area contributed by atoms with Crippen LogP contribution in [0.15, 0.2) is 46.9 Å². The van der Waals surface area contributed by atoms with E-state index in [9.17, 15) is 0 Å². The van der Waals surface area contributed by atoms with Crippen LogP contribution in [0, 0.1) is 6.92 Å². The minimum Gasteiger partial charge on any atom is -0.491 e. The van der Waals surface area contributed by atoms with Gasteiger partial charge in [0.25, 0.3) is 0 Å². The van der Waals surface area contributed by atoms with Gasteiger partial charge in [-0.3, -0.25) is 5.84 Å². The molecule has 0 amide bonds. The molecule has 0 spiro atoms. The summed E-state index contributed by atoms with van der Waals surface area (Å²) in [5, 5.41) is 0. The Labute approximate surface area is 134 Å². The predicted molar refractivity (Wildman–Crippen MR) is 90.3 cm³/mol. The second-order valence-corrected chi connectivity index (χ2v) is 6.25. The first-order chi connectivity index (χ1) is 10.0. The van der Waals surface area contributed by atoms with Crippen LogP contribution in [0.4, 0.5) is 0 Å². The Kier molecular flexibility index (Phi) is 5.39. The molecule has 0 heterocycles. The van der Waals surface area contributed by atoms with Crippen molar-refractivity contribution in [2.45, 2.75) is 32.9 Å². The largest absolute Gasteiger partial charge is 0.491 e. The summed E-state index contributed by atoms with van der Waals surface area (Å²) in [7, 11) is 0. The van der Waals surface area contributed by atoms with Gasteiger partial charge in [-0.05, 0) is 61.7 Å². The first-order valence-electron chi connectivity index (χ1n) is 7.00. The minimum atomic E-state index is -0.0457. The first kappa shape index (κ1) is 16.0. The number of aryl methyl sites for hydroxylation is 1. The summed E-state index contributed by atoms with van der Waals surface area (Å²) >= 11 is 3.52. The molecule has 1 atom stereocenters. The lowest BCUT2D eigenvalue weighted by atomic mass is 9.95. The molecule has 4 heteroatoms. The maximum atomic E-state index is 5.78. The summed E-state index contributed by atoms with van der Waals surface area (Å²) in [6, 6.07) is 14.2. The molecule has 0 aliphatic carbocycles. The Balaban J connectivity index is 2.31. The van der Waals surface area contributed by atoms with Crippen LogP contribution in [-0.4, -0.2) is 6.10 Å². The molecule has 0 aliphatic heterocycles. The lowest BCUT2D eigenvalue weighted by Gasteiger charge is -2.20. The van der Waals surface area contributed by atoms with Gasteiger partial charge in [0.05, 0.1) is 12.1 Å². The second kappa shape index (κ2) is 7.07. The molecule has 0 fully saturated rings. The Morgan fingerprint density at radius 2 is 1.76 bits per heavy atom. The highest BCUT2D eigenvalue weighted by Crippen LogP contribution is 2.28. The summed E-state index contributed by atoms with van der Waals surface area (Å²) in [6.07, 6.45) is 0.173. The molecule has 0 radical (unpaired) electrons. The highest BCUT2D eigenvalue weighted by molar-refractivity contribution is 9.10. The lowest BCUT2D eigenvalue weighted by molar-refractivity contribution is 0.242. The Morgan fingerprint density at radius 1 is 1.10 bits per heavy atom. The van der Waals surface area contributed by atoms with Crippen molar-refractivity contribution in [3.05, 3.63) is 63.6 Å². The zero-order valence-electron chi connectivity index (χ0n) is 12.6. The molecule has 0 saturated carbocycles. The number of nitrogens with two attached hydrogens (primary N) is 1. The van der Waals surface area contributed by atoms with Crippen LogP contribution in [0.3, 0.4) is 0 Å². The molecule has 21 heavy (non-hydrogen) atoms. The van der Waals surface area contributed by atoms with Gasteiger partial charge in [-0.15, -0.1) is 0 Å². The number of hydrogen-bond donors (Lipinski definition) is 2. The van der Waals surface area contributed by atoms with Gasteiger partial charge in [-0.2, -0.15) is 0 Å². The molecule has 3 N–H and O–H groups in total. The summed E-state index contributed by atoms with van der Waals surface area (Å²) in [6.45, 7) is 6.12. The molecular formula is C17H21BrN2O. The third-order valence-electron chi connectivity index (χ3n) is 3.30. The van der Waals surface area contributed by atoms with Gasteiger partial charge in [0.15, 0.2) is 0 Å². The quantitative estimate of drug-likeness (QED) is 0.631. The summed E-state index contributed by atoms with van der Waals surface area (Å²) in [5.74, 6) is 6.65. The number of halogens is 1. The van der Waals surface area contributed by atoms with Gasteiger partial charge < -0.3 is 4.74 Å². The van der Waals surface area contributed by atoms with Crippen LogP contribution in [0.5, 0.6) is 5.75 Å². The SMILES string of the molecule is Cc1ccc(Br)cc1C(NN)c1ccc(OC(C)C)cc1. The summed E-state index contributed by atoms with van der Waals surface area (Å²) < 4.78 is 6.72. The molecular weight excluding hydrogens is 328 g/mol. The summed E-state index contributed by atoms with van der Waals surface area (Å²) in [5.41, 5.74) is 6.36. The van der Waals surface area contributed by atoms with Crippen LogP contribution in [0.2, 0.25) is 0 Å². The number of benzene rings is 2. The van der Waals surface area contributed by atoms with Crippen molar-refractivity contribution in [3.63, 3.8) is 0 Å². The van der Waals surface area contributed by atoms with Crippen LogP contribution in [0.25, 0.3) is 0 Å². The average molecular weight is 349 g/mol. The number of nitrogens with one attached hydrogen (secondary N) is 1. The Hall–Kier alpha value is -1.36. The third kappa shape index (κ3) is 4.06. The van der Waals surface area contributed by atoms with Crippen LogP contribution >= 0.6 is 15.9 Å². The molecule has 1 unspecified atom stereocenters. The number of ether oxygens (including phenoxy) is 1. The zero-order chi connectivity index (χ0) is 15.4. The molecule has 0 saturated heterocycles. The number of hydrogen-bond acceptors (Lipinski definition) is 3. The fraction of sp³-hybridized carbons (Fsp3) is 0.294.